The second kappa shape index (κ2) is 5.68. The third kappa shape index (κ3) is 2.72. The first kappa shape index (κ1) is 14.6. The van der Waals surface area contributed by atoms with Crippen LogP contribution in [-0.2, 0) is 5.88 Å². The van der Waals surface area contributed by atoms with Crippen LogP contribution in [0.3, 0.4) is 0 Å². The SMILES string of the molecule is CN(CC1(N(C)C)CCC1)c1c(F)cccc1CCl. The second-order valence-corrected chi connectivity index (χ2v) is 5.98. The van der Waals surface area contributed by atoms with E-state index >= 15 is 0 Å². The van der Waals surface area contributed by atoms with Gasteiger partial charge in [-0.15, -0.1) is 11.6 Å². The Kier molecular flexibility index (Phi) is 4.36. The fraction of sp³-hybridized carbons (Fsp3) is 0.600. The summed E-state index contributed by atoms with van der Waals surface area (Å²) in [7, 11) is 6.17. The number of hydrogen-bond acceptors (Lipinski definition) is 2. The molecule has 0 N–H and O–H groups in total. The molecule has 0 bridgehead atoms. The van der Waals surface area contributed by atoms with Gasteiger partial charge < -0.3 is 9.80 Å². The number of likely N-dealkylation sites (N-methyl/N-ethyl adjacent to an activating group) is 2. The minimum absolute atomic E-state index is 0.181. The van der Waals surface area contributed by atoms with E-state index in [1.54, 1.807) is 6.07 Å². The monoisotopic (exact) mass is 284 g/mol. The molecule has 1 aromatic rings. The maximum absolute atomic E-state index is 14.1. The van der Waals surface area contributed by atoms with Crippen molar-refractivity contribution >= 4 is 17.3 Å². The third-order valence-electron chi connectivity index (χ3n) is 4.36. The van der Waals surface area contributed by atoms with Crippen LogP contribution in [0.15, 0.2) is 18.2 Å². The molecule has 1 aliphatic rings. The van der Waals surface area contributed by atoms with Crippen LogP contribution in [0.5, 0.6) is 0 Å². The van der Waals surface area contributed by atoms with E-state index in [9.17, 15) is 4.39 Å². The van der Waals surface area contributed by atoms with E-state index in [4.69, 9.17) is 11.6 Å². The average molecular weight is 285 g/mol. The Morgan fingerprint density at radius 3 is 2.42 bits per heavy atom. The Bertz CT molecular complexity index is 444. The van der Waals surface area contributed by atoms with Gasteiger partial charge in [-0.3, -0.25) is 0 Å². The summed E-state index contributed by atoms with van der Waals surface area (Å²) in [4.78, 5) is 4.29. The molecule has 2 rings (SSSR count). The largest absolute Gasteiger partial charge is 0.370 e. The standard InChI is InChI=1S/C15H22ClFN2/c1-18(2)15(8-5-9-15)11-19(3)14-12(10-16)6-4-7-13(14)17/h4,6-7H,5,8-11H2,1-3H3. The summed E-state index contributed by atoms with van der Waals surface area (Å²) in [6.45, 7) is 0.838. The Morgan fingerprint density at radius 2 is 1.95 bits per heavy atom. The molecule has 0 aromatic heterocycles. The summed E-state index contributed by atoms with van der Waals surface area (Å²) in [5, 5.41) is 0. The Morgan fingerprint density at radius 1 is 1.26 bits per heavy atom. The number of benzene rings is 1. The summed E-state index contributed by atoms with van der Waals surface area (Å²) in [5.74, 6) is 0.153. The van der Waals surface area contributed by atoms with Crippen LogP contribution < -0.4 is 4.90 Å². The van der Waals surface area contributed by atoms with Crippen LogP contribution in [0.25, 0.3) is 0 Å². The molecule has 4 heteroatoms. The number of rotatable bonds is 5. The molecular weight excluding hydrogens is 263 g/mol. The maximum atomic E-state index is 14.1. The lowest BCUT2D eigenvalue weighted by atomic mass is 9.75. The first-order valence-corrected chi connectivity index (χ1v) is 7.25. The lowest BCUT2D eigenvalue weighted by Crippen LogP contribution is -2.57. The zero-order valence-corrected chi connectivity index (χ0v) is 12.7. The molecule has 1 fully saturated rings. The highest BCUT2D eigenvalue weighted by molar-refractivity contribution is 6.17. The molecule has 1 aliphatic carbocycles. The van der Waals surface area contributed by atoms with Gasteiger partial charge in [0.1, 0.15) is 5.82 Å². The smallest absolute Gasteiger partial charge is 0.146 e. The Hall–Kier alpha value is -0.800. The maximum Gasteiger partial charge on any atom is 0.146 e. The molecule has 0 atom stereocenters. The minimum Gasteiger partial charge on any atom is -0.370 e. The molecule has 19 heavy (non-hydrogen) atoms. The summed E-state index contributed by atoms with van der Waals surface area (Å²) in [6.07, 6.45) is 3.61. The number of para-hydroxylation sites is 1. The van der Waals surface area contributed by atoms with Crippen molar-refractivity contribution in [3.63, 3.8) is 0 Å². The summed E-state index contributed by atoms with van der Waals surface area (Å²) in [5.41, 5.74) is 1.68. The van der Waals surface area contributed by atoms with E-state index < -0.39 is 0 Å². The van der Waals surface area contributed by atoms with Crippen molar-refractivity contribution in [3.8, 4) is 0 Å². The molecular formula is C15H22ClFN2. The highest BCUT2D eigenvalue weighted by Gasteiger charge is 2.40. The van der Waals surface area contributed by atoms with Gasteiger partial charge in [-0.1, -0.05) is 12.1 Å². The van der Waals surface area contributed by atoms with E-state index in [2.05, 4.69) is 19.0 Å². The molecule has 0 aliphatic heterocycles. The van der Waals surface area contributed by atoms with Crippen molar-refractivity contribution in [1.82, 2.24) is 4.90 Å². The quantitative estimate of drug-likeness (QED) is 0.764. The first-order valence-electron chi connectivity index (χ1n) is 6.72. The third-order valence-corrected chi connectivity index (χ3v) is 4.65. The van der Waals surface area contributed by atoms with Gasteiger partial charge in [-0.25, -0.2) is 4.39 Å². The molecule has 0 amide bonds. The molecule has 2 nitrogen and oxygen atoms in total. The van der Waals surface area contributed by atoms with Crippen LogP contribution in [0.2, 0.25) is 0 Å². The van der Waals surface area contributed by atoms with Gasteiger partial charge in [0.05, 0.1) is 5.69 Å². The molecule has 0 radical (unpaired) electrons. The van der Waals surface area contributed by atoms with Crippen molar-refractivity contribution in [2.24, 2.45) is 0 Å². The van der Waals surface area contributed by atoms with Gasteiger partial charge in [-0.2, -0.15) is 0 Å². The number of alkyl halides is 1. The van der Waals surface area contributed by atoms with Crippen LogP contribution in [0.4, 0.5) is 10.1 Å². The predicted molar refractivity (Wildman–Crippen MR) is 79.5 cm³/mol. The van der Waals surface area contributed by atoms with Crippen LogP contribution in [0.1, 0.15) is 24.8 Å². The molecule has 0 spiro atoms. The first-order chi connectivity index (χ1) is 9.00. The van der Waals surface area contributed by atoms with E-state index in [1.165, 1.54) is 25.3 Å². The van der Waals surface area contributed by atoms with Crippen LogP contribution >= 0.6 is 11.6 Å². The second-order valence-electron chi connectivity index (χ2n) is 5.71. The van der Waals surface area contributed by atoms with E-state index in [1.807, 2.05) is 18.0 Å². The van der Waals surface area contributed by atoms with Crippen molar-refractivity contribution in [1.29, 1.82) is 0 Å². The number of hydrogen-bond donors (Lipinski definition) is 0. The number of anilines is 1. The summed E-state index contributed by atoms with van der Waals surface area (Å²) in [6, 6.07) is 5.12. The number of halogens is 2. The van der Waals surface area contributed by atoms with Gasteiger partial charge in [0.2, 0.25) is 0 Å². The fourth-order valence-electron chi connectivity index (χ4n) is 2.95. The minimum atomic E-state index is -0.186. The lowest BCUT2D eigenvalue weighted by Gasteiger charge is -2.49. The van der Waals surface area contributed by atoms with E-state index in [0.29, 0.717) is 11.6 Å². The van der Waals surface area contributed by atoms with Gasteiger partial charge >= 0.3 is 0 Å². The zero-order chi connectivity index (χ0) is 14.0. The molecule has 1 aromatic carbocycles. The lowest BCUT2D eigenvalue weighted by molar-refractivity contribution is 0.0682. The van der Waals surface area contributed by atoms with Crippen molar-refractivity contribution < 1.29 is 4.39 Å². The van der Waals surface area contributed by atoms with E-state index in [0.717, 1.165) is 12.1 Å². The summed E-state index contributed by atoms with van der Waals surface area (Å²) < 4.78 is 14.1. The normalized spacial score (nSPS) is 17.4. The average Bonchev–Trinajstić information content (AvgIpc) is 2.32. The van der Waals surface area contributed by atoms with Crippen LogP contribution in [0, 0.1) is 5.82 Å². The van der Waals surface area contributed by atoms with Gasteiger partial charge in [0, 0.05) is 25.0 Å². The highest BCUT2D eigenvalue weighted by Crippen LogP contribution is 2.38. The van der Waals surface area contributed by atoms with Gasteiger partial charge in [0.15, 0.2) is 0 Å². The Labute approximate surface area is 120 Å². The molecule has 0 saturated heterocycles. The van der Waals surface area contributed by atoms with Crippen molar-refractivity contribution in [2.45, 2.75) is 30.7 Å². The van der Waals surface area contributed by atoms with Crippen molar-refractivity contribution in [2.75, 3.05) is 32.6 Å². The molecule has 0 heterocycles. The van der Waals surface area contributed by atoms with Gasteiger partial charge in [-0.05, 0) is 45.0 Å². The molecule has 106 valence electrons. The summed E-state index contributed by atoms with van der Waals surface area (Å²) >= 11 is 5.93. The Balaban J connectivity index is 2.22. The predicted octanol–water partition coefficient (Wildman–Crippen LogP) is 3.49. The topological polar surface area (TPSA) is 6.48 Å². The zero-order valence-electron chi connectivity index (χ0n) is 11.9. The molecule has 1 saturated carbocycles. The fourth-order valence-corrected chi connectivity index (χ4v) is 3.16. The van der Waals surface area contributed by atoms with Gasteiger partial charge in [0.25, 0.3) is 0 Å². The van der Waals surface area contributed by atoms with Crippen molar-refractivity contribution in [3.05, 3.63) is 29.6 Å². The van der Waals surface area contributed by atoms with E-state index in [-0.39, 0.29) is 11.4 Å². The van der Waals surface area contributed by atoms with Crippen LogP contribution in [-0.4, -0.2) is 38.1 Å². The highest BCUT2D eigenvalue weighted by atomic mass is 35.5. The molecule has 0 unspecified atom stereocenters. The number of nitrogens with zero attached hydrogens (tertiary/aromatic N) is 2.